The van der Waals surface area contributed by atoms with E-state index in [2.05, 4.69) is 20.6 Å². The zero-order valence-corrected chi connectivity index (χ0v) is 25.8. The predicted octanol–water partition coefficient (Wildman–Crippen LogP) is 5.84. The van der Waals surface area contributed by atoms with Gasteiger partial charge in [0.25, 0.3) is 17.5 Å². The highest BCUT2D eigenvalue weighted by Crippen LogP contribution is 2.35. The summed E-state index contributed by atoms with van der Waals surface area (Å²) in [5, 5.41) is 31.0. The van der Waals surface area contributed by atoms with Gasteiger partial charge in [-0.25, -0.2) is 9.40 Å². The largest absolute Gasteiger partial charge is 0.345 e. The number of hydrogen-bond donors (Lipinski definition) is 1. The zero-order chi connectivity index (χ0) is 32.0. The fourth-order valence-electron chi connectivity index (χ4n) is 4.95. The number of nitro benzene ring substituents is 1. The summed E-state index contributed by atoms with van der Waals surface area (Å²) in [6.45, 7) is 0.438. The number of halogens is 1. The molecule has 0 saturated heterocycles. The highest BCUT2D eigenvalue weighted by atomic mass is 32.2. The number of nitro groups is 1. The molecule has 3 aromatic carbocycles. The Bertz CT molecular complexity index is 1880. The van der Waals surface area contributed by atoms with Crippen LogP contribution in [0.3, 0.4) is 0 Å². The minimum absolute atomic E-state index is 0.0149. The van der Waals surface area contributed by atoms with Gasteiger partial charge in [0.05, 0.1) is 40.4 Å². The number of hydrogen-bond acceptors (Lipinski definition) is 9. The van der Waals surface area contributed by atoms with Gasteiger partial charge in [-0.3, -0.25) is 19.7 Å². The Morgan fingerprint density at radius 3 is 2.46 bits per heavy atom. The van der Waals surface area contributed by atoms with E-state index in [1.807, 2.05) is 52.4 Å². The van der Waals surface area contributed by atoms with Gasteiger partial charge in [0.2, 0.25) is 0 Å². The molecule has 2 amide bonds. The maximum absolute atomic E-state index is 13.7. The minimum Gasteiger partial charge on any atom is -0.345 e. The van der Waals surface area contributed by atoms with Crippen LogP contribution in [0.5, 0.6) is 0 Å². The van der Waals surface area contributed by atoms with Crippen LogP contribution in [0.1, 0.15) is 44.6 Å². The van der Waals surface area contributed by atoms with Crippen LogP contribution in [-0.4, -0.2) is 48.0 Å². The van der Waals surface area contributed by atoms with Crippen LogP contribution in [0, 0.1) is 15.9 Å². The summed E-state index contributed by atoms with van der Waals surface area (Å²) < 4.78 is 15.5. The second-order valence-corrected chi connectivity index (χ2v) is 12.2. The molecular weight excluding hydrogens is 630 g/mol. The fourth-order valence-corrected chi connectivity index (χ4v) is 6.48. The molecule has 0 saturated carbocycles. The summed E-state index contributed by atoms with van der Waals surface area (Å²) in [6.07, 6.45) is 0.505. The lowest BCUT2D eigenvalue weighted by Crippen LogP contribution is -2.28. The van der Waals surface area contributed by atoms with Crippen LogP contribution in [0.15, 0.2) is 107 Å². The molecule has 0 spiro atoms. The van der Waals surface area contributed by atoms with Crippen molar-refractivity contribution in [2.45, 2.75) is 30.7 Å². The van der Waals surface area contributed by atoms with Crippen molar-refractivity contribution in [1.82, 2.24) is 25.1 Å². The van der Waals surface area contributed by atoms with E-state index in [-0.39, 0.29) is 41.3 Å². The number of thiophene rings is 1. The number of nitrogens with zero attached hydrogens (tertiary/aromatic N) is 6. The van der Waals surface area contributed by atoms with E-state index in [0.29, 0.717) is 23.9 Å². The van der Waals surface area contributed by atoms with Crippen molar-refractivity contribution in [2.24, 2.45) is 5.10 Å². The Labute approximate surface area is 270 Å². The molecule has 1 aliphatic rings. The van der Waals surface area contributed by atoms with Crippen LogP contribution >= 0.6 is 23.1 Å². The predicted molar refractivity (Wildman–Crippen MR) is 172 cm³/mol. The van der Waals surface area contributed by atoms with Gasteiger partial charge >= 0.3 is 0 Å². The third-order valence-electron chi connectivity index (χ3n) is 7.28. The van der Waals surface area contributed by atoms with Gasteiger partial charge in [0.15, 0.2) is 11.0 Å². The van der Waals surface area contributed by atoms with Crippen LogP contribution in [-0.2, 0) is 17.9 Å². The van der Waals surface area contributed by atoms with Crippen LogP contribution in [0.2, 0.25) is 0 Å². The van der Waals surface area contributed by atoms with Crippen molar-refractivity contribution in [3.63, 3.8) is 0 Å². The first-order chi connectivity index (χ1) is 22.4. The molecule has 0 fully saturated rings. The highest BCUT2D eigenvalue weighted by molar-refractivity contribution is 7.99. The quantitative estimate of drug-likeness (QED) is 0.107. The maximum Gasteiger partial charge on any atom is 0.269 e. The number of carbonyl (C=O) groups is 2. The summed E-state index contributed by atoms with van der Waals surface area (Å²) in [5.74, 6) is -0.535. The van der Waals surface area contributed by atoms with Crippen LogP contribution in [0.25, 0.3) is 0 Å². The number of hydrazone groups is 1. The number of nitrogens with one attached hydrogen (secondary N) is 1. The number of amides is 2. The molecule has 11 nitrogen and oxygen atoms in total. The summed E-state index contributed by atoms with van der Waals surface area (Å²) in [7, 11) is 0. The number of carbonyl (C=O) groups excluding carboxylic acids is 2. The van der Waals surface area contributed by atoms with E-state index in [4.69, 9.17) is 0 Å². The Morgan fingerprint density at radius 1 is 1.00 bits per heavy atom. The second-order valence-electron chi connectivity index (χ2n) is 10.3. The van der Waals surface area contributed by atoms with E-state index < -0.39 is 10.8 Å². The van der Waals surface area contributed by atoms with Gasteiger partial charge in [-0.1, -0.05) is 60.3 Å². The SMILES string of the molecule is O=C(NCc1nnc(SCC(=O)N2N=C(c3cccs3)C[C@@H]2c2ccc(F)cc2)n1Cc1ccccc1)c1ccc([N+](=O)[O-])cc1. The third-order valence-corrected chi connectivity index (χ3v) is 9.15. The first-order valence-corrected chi connectivity index (χ1v) is 16.0. The number of aromatic nitrogens is 3. The summed E-state index contributed by atoms with van der Waals surface area (Å²) in [4.78, 5) is 37.9. The van der Waals surface area contributed by atoms with Gasteiger partial charge in [-0.05, 0) is 46.8 Å². The Kier molecular flexibility index (Phi) is 9.26. The lowest BCUT2D eigenvalue weighted by molar-refractivity contribution is -0.384. The van der Waals surface area contributed by atoms with Crippen molar-refractivity contribution >= 4 is 46.3 Å². The van der Waals surface area contributed by atoms with E-state index in [9.17, 15) is 24.1 Å². The second kappa shape index (κ2) is 13.8. The molecule has 3 heterocycles. The Hall–Kier alpha value is -5.21. The van der Waals surface area contributed by atoms with Crippen molar-refractivity contribution in [3.05, 3.63) is 140 Å². The topological polar surface area (TPSA) is 136 Å². The summed E-state index contributed by atoms with van der Waals surface area (Å²) >= 11 is 2.75. The third kappa shape index (κ3) is 7.03. The van der Waals surface area contributed by atoms with E-state index >= 15 is 0 Å². The number of thioether (sulfide) groups is 1. The van der Waals surface area contributed by atoms with Gasteiger partial charge < -0.3 is 9.88 Å². The summed E-state index contributed by atoms with van der Waals surface area (Å²) in [5.41, 5.74) is 2.71. The molecule has 5 aromatic rings. The lowest BCUT2D eigenvalue weighted by atomic mass is 10.0. The monoisotopic (exact) mass is 655 g/mol. The van der Waals surface area contributed by atoms with Gasteiger partial charge in [0.1, 0.15) is 5.82 Å². The molecule has 6 rings (SSSR count). The van der Waals surface area contributed by atoms with E-state index in [0.717, 1.165) is 21.7 Å². The molecular formula is C32H26FN7O4S2. The molecule has 232 valence electrons. The van der Waals surface area contributed by atoms with Crippen molar-refractivity contribution < 1.29 is 18.9 Å². The average molecular weight is 656 g/mol. The molecule has 0 unspecified atom stereocenters. The fraction of sp³-hybridized carbons (Fsp3) is 0.156. The number of benzene rings is 3. The standard InChI is InChI=1S/C32H26FN7O4S2/c33-24-12-8-22(9-13-24)27-17-26(28-7-4-16-45-28)37-39(27)30(41)20-46-32-36-35-29(38(32)19-21-5-2-1-3-6-21)18-34-31(42)23-10-14-25(15-11-23)40(43)44/h1-16,27H,17-20H2,(H,34,42)/t27-/m1/s1. The molecule has 1 N–H and O–H groups in total. The van der Waals surface area contributed by atoms with Gasteiger partial charge in [-0.15, -0.1) is 21.5 Å². The van der Waals surface area contributed by atoms with E-state index in [1.165, 1.54) is 53.2 Å². The van der Waals surface area contributed by atoms with Gasteiger partial charge in [0, 0.05) is 24.1 Å². The van der Waals surface area contributed by atoms with Crippen molar-refractivity contribution in [1.29, 1.82) is 0 Å². The molecule has 1 aliphatic heterocycles. The first kappa shape index (κ1) is 30.8. The summed E-state index contributed by atoms with van der Waals surface area (Å²) in [6, 6.07) is 24.6. The molecule has 14 heteroatoms. The molecule has 46 heavy (non-hydrogen) atoms. The van der Waals surface area contributed by atoms with Crippen LogP contribution in [0.4, 0.5) is 10.1 Å². The van der Waals surface area contributed by atoms with Crippen molar-refractivity contribution in [3.8, 4) is 0 Å². The molecule has 0 aliphatic carbocycles. The Balaban J connectivity index is 1.20. The lowest BCUT2D eigenvalue weighted by Gasteiger charge is -2.22. The van der Waals surface area contributed by atoms with Crippen LogP contribution < -0.4 is 5.32 Å². The molecule has 1 atom stereocenters. The first-order valence-electron chi connectivity index (χ1n) is 14.2. The molecule has 0 bridgehead atoms. The maximum atomic E-state index is 13.7. The number of non-ortho nitro benzene ring substituents is 1. The molecule has 0 radical (unpaired) electrons. The average Bonchev–Trinajstić information content (AvgIpc) is 3.84. The van der Waals surface area contributed by atoms with Gasteiger partial charge in [-0.2, -0.15) is 5.10 Å². The minimum atomic E-state index is -0.528. The van der Waals surface area contributed by atoms with Crippen molar-refractivity contribution in [2.75, 3.05) is 5.75 Å². The highest BCUT2D eigenvalue weighted by Gasteiger charge is 2.33. The zero-order valence-electron chi connectivity index (χ0n) is 24.2. The molecule has 2 aromatic heterocycles. The smallest absolute Gasteiger partial charge is 0.269 e. The number of rotatable bonds is 11. The Morgan fingerprint density at radius 2 is 1.76 bits per heavy atom. The normalized spacial score (nSPS) is 14.2. The van der Waals surface area contributed by atoms with E-state index in [1.54, 1.807) is 23.5 Å².